The van der Waals surface area contributed by atoms with Crippen LogP contribution < -0.4 is 10.6 Å². The van der Waals surface area contributed by atoms with Gasteiger partial charge in [0.15, 0.2) is 16.7 Å². The molecule has 6 atom stereocenters. The van der Waals surface area contributed by atoms with E-state index in [0.29, 0.717) is 75.1 Å². The van der Waals surface area contributed by atoms with Gasteiger partial charge in [0, 0.05) is 86.2 Å². The number of aryl methyl sites for hydroxylation is 2. The first-order valence-electron chi connectivity index (χ1n) is 27.6. The van der Waals surface area contributed by atoms with E-state index < -0.39 is 0 Å². The van der Waals surface area contributed by atoms with Crippen LogP contribution in [0.2, 0.25) is 0 Å². The summed E-state index contributed by atoms with van der Waals surface area (Å²) in [5.74, 6) is 1.67. The molecule has 3 amide bonds. The van der Waals surface area contributed by atoms with Crippen LogP contribution in [-0.4, -0.2) is 174 Å². The van der Waals surface area contributed by atoms with Crippen LogP contribution in [0.3, 0.4) is 0 Å². The predicted molar refractivity (Wildman–Crippen MR) is 300 cm³/mol. The highest BCUT2D eigenvalue weighted by Crippen LogP contribution is 2.32. The number of anilines is 1. The molecule has 0 aliphatic carbocycles. The van der Waals surface area contributed by atoms with Gasteiger partial charge in [-0.25, -0.2) is 23.5 Å². The molecule has 77 heavy (non-hydrogen) atoms. The minimum absolute atomic E-state index is 0.0125. The van der Waals surface area contributed by atoms with Crippen molar-refractivity contribution in [1.29, 1.82) is 0 Å². The Morgan fingerprint density at radius 1 is 0.675 bits per heavy atom. The first-order chi connectivity index (χ1) is 36.9. The van der Waals surface area contributed by atoms with E-state index in [1.165, 1.54) is 72.6 Å². The number of nitrogens with zero attached hydrogens (tertiary/aromatic N) is 7. The number of thiazole rings is 2. The number of hydrogen-bond acceptors (Lipinski definition) is 14. The summed E-state index contributed by atoms with van der Waals surface area (Å²) in [5.41, 5.74) is 3.68. The Labute approximate surface area is 462 Å². The second kappa shape index (κ2) is 28.8. The minimum atomic E-state index is -0.322. The molecule has 15 nitrogen and oxygen atoms in total. The maximum Gasteiger partial charge on any atom is 0.321 e. The van der Waals surface area contributed by atoms with Gasteiger partial charge >= 0.3 is 6.03 Å². The Balaban J connectivity index is 0.000000224. The molecule has 0 bridgehead atoms. The van der Waals surface area contributed by atoms with Crippen molar-refractivity contribution in [2.24, 2.45) is 29.6 Å². The number of urea groups is 1. The highest BCUT2D eigenvalue weighted by molar-refractivity contribution is 7.17. The van der Waals surface area contributed by atoms with Crippen LogP contribution in [0.15, 0.2) is 48.5 Å². The van der Waals surface area contributed by atoms with Gasteiger partial charge in [-0.15, -0.1) is 11.3 Å². The lowest BCUT2D eigenvalue weighted by molar-refractivity contribution is -0.130. The van der Waals surface area contributed by atoms with E-state index in [4.69, 9.17) is 0 Å². The largest absolute Gasteiger partial charge is 0.395 e. The quantitative estimate of drug-likeness (QED) is 0.0735. The summed E-state index contributed by atoms with van der Waals surface area (Å²) in [7, 11) is 3.56. The highest BCUT2D eigenvalue weighted by Gasteiger charge is 2.36. The van der Waals surface area contributed by atoms with Crippen LogP contribution in [0.25, 0.3) is 0 Å². The van der Waals surface area contributed by atoms with E-state index in [2.05, 4.69) is 40.2 Å². The van der Waals surface area contributed by atoms with Crippen molar-refractivity contribution in [1.82, 2.24) is 39.8 Å². The normalized spacial score (nSPS) is 22.7. The lowest BCUT2D eigenvalue weighted by atomic mass is 9.80. The van der Waals surface area contributed by atoms with Crippen LogP contribution in [0.4, 0.5) is 18.7 Å². The molecule has 2 aromatic heterocycles. The standard InChI is InChI=1S/C31H43FN4O3S.C27H38FN5O3S/c1-21-31(22(2)37)40-29(33-21)16-28(38)15-26-19-36(20-30(39)34(3)4)13-11-25(26)18-35-12-5-6-24(17-35)14-23-7-9-27(32)10-8-23;1-18-25(19(2)35)37-27(29-18)31-26(36)30-24-17-32(12-13-34)11-9-22(24)16-33-10-3-4-21(15-33)14-20-5-7-23(28)8-6-20/h7-10,24-26H,5-6,11-20H2,1-4H3;5-8,21-22,24,34H,3-4,9-17H2,1-2H3,(H2,29,30,31,36)/t24-,25-,26+;21-,22-,24+/m00/s1. The van der Waals surface area contributed by atoms with E-state index in [9.17, 15) is 37.9 Å². The number of aromatic nitrogens is 2. The summed E-state index contributed by atoms with van der Waals surface area (Å²) >= 11 is 2.52. The van der Waals surface area contributed by atoms with Crippen LogP contribution in [0.5, 0.6) is 0 Å². The molecule has 0 saturated carbocycles. The highest BCUT2D eigenvalue weighted by atomic mass is 32.1. The summed E-state index contributed by atoms with van der Waals surface area (Å²) in [6.45, 7) is 16.8. The van der Waals surface area contributed by atoms with Gasteiger partial charge in [-0.2, -0.15) is 0 Å². The number of hydrogen-bond donors (Lipinski definition) is 3. The number of benzene rings is 2. The zero-order valence-electron chi connectivity index (χ0n) is 46.0. The molecule has 4 fully saturated rings. The summed E-state index contributed by atoms with van der Waals surface area (Å²) in [6.07, 6.45) is 9.14. The van der Waals surface area contributed by atoms with Gasteiger partial charge in [0.2, 0.25) is 5.91 Å². The fourth-order valence-corrected chi connectivity index (χ4v) is 13.7. The Kier molecular flexibility index (Phi) is 22.4. The number of β-amino-alcohol motifs (C(OH)–C–C–N with tert-alkyl or cyclic N) is 1. The molecule has 420 valence electrons. The van der Waals surface area contributed by atoms with Crippen molar-refractivity contribution in [2.45, 2.75) is 97.9 Å². The van der Waals surface area contributed by atoms with Crippen LogP contribution in [0.1, 0.15) is 106 Å². The van der Waals surface area contributed by atoms with Crippen molar-refractivity contribution in [3.63, 3.8) is 0 Å². The Hall–Kier alpha value is -4.89. The number of amides is 3. The molecular weight excluding hydrogens is 1020 g/mol. The average Bonchev–Trinajstić information content (AvgIpc) is 3.95. The zero-order valence-corrected chi connectivity index (χ0v) is 47.7. The lowest BCUT2D eigenvalue weighted by Gasteiger charge is -2.42. The van der Waals surface area contributed by atoms with Gasteiger partial charge in [-0.1, -0.05) is 35.6 Å². The van der Waals surface area contributed by atoms with E-state index in [1.54, 1.807) is 38.1 Å². The number of halogens is 2. The maximum absolute atomic E-state index is 13.4. The fourth-order valence-electron chi connectivity index (χ4n) is 11.9. The molecule has 4 aliphatic rings. The predicted octanol–water partition coefficient (Wildman–Crippen LogP) is 7.83. The van der Waals surface area contributed by atoms with E-state index in [-0.39, 0.29) is 71.8 Å². The number of likely N-dealkylation sites (tertiary alicyclic amines) is 4. The lowest BCUT2D eigenvalue weighted by Crippen LogP contribution is -2.56. The molecule has 4 aromatic rings. The second-order valence-corrected chi connectivity index (χ2v) is 24.4. The van der Waals surface area contributed by atoms with E-state index in [0.717, 1.165) is 97.4 Å². The number of aliphatic hydroxyl groups is 1. The molecule has 2 aromatic carbocycles. The second-order valence-electron chi connectivity index (χ2n) is 22.3. The van der Waals surface area contributed by atoms with Gasteiger partial charge in [-0.05, 0) is 156 Å². The molecule has 0 radical (unpaired) electrons. The third kappa shape index (κ3) is 18.3. The maximum atomic E-state index is 13.4. The number of Topliss-reactive ketones (excluding diaryl/α,β-unsaturated/α-hetero) is 3. The van der Waals surface area contributed by atoms with Crippen molar-refractivity contribution in [2.75, 3.05) is 105 Å². The van der Waals surface area contributed by atoms with Crippen molar-refractivity contribution < 1.29 is 37.9 Å². The molecule has 4 saturated heterocycles. The molecule has 6 heterocycles. The first kappa shape index (κ1) is 59.8. The van der Waals surface area contributed by atoms with Crippen LogP contribution in [0, 0.1) is 55.1 Å². The molecule has 0 unspecified atom stereocenters. The Morgan fingerprint density at radius 3 is 1.77 bits per heavy atom. The van der Waals surface area contributed by atoms with E-state index in [1.807, 2.05) is 31.2 Å². The van der Waals surface area contributed by atoms with Gasteiger partial charge in [0.05, 0.1) is 40.7 Å². The summed E-state index contributed by atoms with van der Waals surface area (Å²) in [4.78, 5) is 83.3. The third-order valence-corrected chi connectivity index (χ3v) is 18.2. The number of piperidine rings is 4. The minimum Gasteiger partial charge on any atom is -0.395 e. The van der Waals surface area contributed by atoms with Gasteiger partial charge in [0.25, 0.3) is 0 Å². The van der Waals surface area contributed by atoms with Crippen molar-refractivity contribution >= 4 is 57.1 Å². The monoisotopic (exact) mass is 1100 g/mol. The van der Waals surface area contributed by atoms with Gasteiger partial charge in [-0.3, -0.25) is 34.3 Å². The first-order valence-corrected chi connectivity index (χ1v) is 29.2. The number of nitrogens with one attached hydrogen (secondary N) is 2. The Bertz CT molecular complexity index is 2600. The van der Waals surface area contributed by atoms with E-state index >= 15 is 0 Å². The molecule has 8 rings (SSSR count). The summed E-state index contributed by atoms with van der Waals surface area (Å²) < 4.78 is 26.6. The Morgan fingerprint density at radius 2 is 1.22 bits per heavy atom. The molecule has 3 N–H and O–H groups in total. The van der Waals surface area contributed by atoms with Crippen molar-refractivity contribution in [3.05, 3.63) is 97.4 Å². The van der Waals surface area contributed by atoms with Crippen LogP contribution in [-0.2, 0) is 28.9 Å². The third-order valence-electron chi connectivity index (χ3n) is 15.8. The SMILES string of the molecule is CC(=O)c1sc(CC(=O)C[C@@H]2CN(CC(=O)N(C)C)CC[C@H]2CN2CCC[C@@H](Cc3ccc(F)cc3)C2)nc1C.CC(=O)c1sc(NC(=O)N[C@@H]2CN(CCO)CC[C@H]2CN2CCC[C@@H](Cc3ccc(F)cc3)C2)nc1C. The number of carbonyl (C=O) groups excluding carboxylic acids is 5. The molecule has 19 heteroatoms. The molecule has 0 spiro atoms. The van der Waals surface area contributed by atoms with Gasteiger partial charge < -0.3 is 25.1 Å². The topological polar surface area (TPSA) is 172 Å². The number of rotatable bonds is 20. The number of likely N-dealkylation sites (N-methyl/N-ethyl adjacent to an activating group) is 1. The molecular formula is C58H81F2N9O6S2. The summed E-state index contributed by atoms with van der Waals surface area (Å²) in [5, 5.41) is 16.5. The fraction of sp³-hybridized carbons (Fsp3) is 0.603. The van der Waals surface area contributed by atoms with Gasteiger partial charge in [0.1, 0.15) is 22.4 Å². The number of carbonyl (C=O) groups is 5. The summed E-state index contributed by atoms with van der Waals surface area (Å²) in [6, 6.07) is 13.3. The zero-order chi connectivity index (χ0) is 55.2. The average molecular weight is 1100 g/mol. The smallest absolute Gasteiger partial charge is 0.321 e. The van der Waals surface area contributed by atoms with Crippen molar-refractivity contribution in [3.8, 4) is 0 Å². The van der Waals surface area contributed by atoms with Crippen LogP contribution >= 0.6 is 22.7 Å². The number of aliphatic hydroxyl groups excluding tert-OH is 1. The molecule has 4 aliphatic heterocycles. The number of ketones is 3.